The zero-order chi connectivity index (χ0) is 34.3. The van der Waals surface area contributed by atoms with Crippen LogP contribution in [-0.4, -0.2) is 92.2 Å². The molecule has 4 heterocycles. The van der Waals surface area contributed by atoms with Crippen molar-refractivity contribution in [3.63, 3.8) is 0 Å². The summed E-state index contributed by atoms with van der Waals surface area (Å²) in [4.78, 5) is 35.6. The van der Waals surface area contributed by atoms with Crippen LogP contribution in [0.15, 0.2) is 60.3 Å². The van der Waals surface area contributed by atoms with Gasteiger partial charge in [0.2, 0.25) is 0 Å². The number of hydrogen-bond donors (Lipinski definition) is 2. The number of aliphatic hydroxyl groups is 2. The van der Waals surface area contributed by atoms with Gasteiger partial charge >= 0.3 is 12.1 Å². The van der Waals surface area contributed by atoms with Gasteiger partial charge in [0, 0.05) is 54.9 Å². The maximum absolute atomic E-state index is 13.7. The first-order valence-corrected chi connectivity index (χ1v) is 18.3. The molecule has 1 aromatic rings. The number of carbonyl (C=O) groups is 2. The highest BCUT2D eigenvalue weighted by molar-refractivity contribution is 5.70. The van der Waals surface area contributed by atoms with E-state index >= 15 is 0 Å². The minimum absolute atomic E-state index is 0.106. The van der Waals surface area contributed by atoms with E-state index in [0.29, 0.717) is 31.2 Å². The van der Waals surface area contributed by atoms with E-state index in [9.17, 15) is 19.8 Å². The smallest absolute Gasteiger partial charge is 0.410 e. The molecule has 1 aromatic heterocycles. The number of cyclic esters (lactones) is 1. The van der Waals surface area contributed by atoms with Crippen LogP contribution in [0.1, 0.15) is 110 Å². The summed E-state index contributed by atoms with van der Waals surface area (Å²) in [6, 6.07) is 7.17. The number of likely N-dealkylation sites (tertiary alicyclic amines) is 1. The van der Waals surface area contributed by atoms with Crippen molar-refractivity contribution in [1.29, 1.82) is 0 Å². The fraction of sp³-hybridized carbons (Fsp3) is 0.667. The van der Waals surface area contributed by atoms with Gasteiger partial charge in [-0.2, -0.15) is 0 Å². The van der Waals surface area contributed by atoms with Gasteiger partial charge < -0.3 is 24.6 Å². The molecule has 9 heteroatoms. The fourth-order valence-electron chi connectivity index (χ4n) is 8.08. The summed E-state index contributed by atoms with van der Waals surface area (Å²) in [5.41, 5.74) is 0.352. The number of hydrogen-bond acceptors (Lipinski definition) is 8. The van der Waals surface area contributed by atoms with Gasteiger partial charge in [-0.05, 0) is 76.2 Å². The second-order valence-electron chi connectivity index (χ2n) is 14.9. The third-order valence-electron chi connectivity index (χ3n) is 11.0. The van der Waals surface area contributed by atoms with E-state index in [2.05, 4.69) is 16.8 Å². The summed E-state index contributed by atoms with van der Waals surface area (Å²) in [5, 5.41) is 22.3. The van der Waals surface area contributed by atoms with Gasteiger partial charge in [0.05, 0.1) is 12.5 Å². The van der Waals surface area contributed by atoms with Crippen molar-refractivity contribution in [2.75, 3.05) is 13.1 Å². The SMILES string of the molecule is C/C(=C\C=C\[C@@H](C)c1ccccn1)[C@H]1OC(=O)C[C@H](O)CC[C@@](C)(O)[C@@H](OC(=O)N2CC3CCC(C2)N3C2CCCCCC2)/C=C/[C@@H]1C. The molecule has 1 amide bonds. The molecule has 9 nitrogen and oxygen atoms in total. The Hall–Kier alpha value is -3.01. The van der Waals surface area contributed by atoms with Crippen molar-refractivity contribution in [3.05, 3.63) is 66.0 Å². The third-order valence-corrected chi connectivity index (χ3v) is 11.0. The number of allylic oxidation sites excluding steroid dienone is 3. The molecule has 0 radical (unpaired) electrons. The average molecular weight is 664 g/mol. The van der Waals surface area contributed by atoms with E-state index in [1.165, 1.54) is 38.5 Å². The molecule has 8 atom stereocenters. The highest BCUT2D eigenvalue weighted by Crippen LogP contribution is 2.37. The van der Waals surface area contributed by atoms with Crippen molar-refractivity contribution in [1.82, 2.24) is 14.8 Å². The Morgan fingerprint density at radius 3 is 2.44 bits per heavy atom. The van der Waals surface area contributed by atoms with E-state index in [-0.39, 0.29) is 31.1 Å². The molecule has 2 unspecified atom stereocenters. The van der Waals surface area contributed by atoms with E-state index in [1.807, 2.05) is 61.3 Å². The number of ether oxygens (including phenoxy) is 2. The van der Waals surface area contributed by atoms with Crippen molar-refractivity contribution in [3.8, 4) is 0 Å². The molecule has 4 aliphatic rings. The van der Waals surface area contributed by atoms with Crippen LogP contribution >= 0.6 is 0 Å². The minimum atomic E-state index is -1.44. The number of piperazine rings is 1. The molecule has 2 bridgehead atoms. The number of rotatable bonds is 6. The molecular weight excluding hydrogens is 606 g/mol. The molecule has 48 heavy (non-hydrogen) atoms. The van der Waals surface area contributed by atoms with Gasteiger partial charge in [-0.1, -0.05) is 69.9 Å². The van der Waals surface area contributed by atoms with Gasteiger partial charge in [0.15, 0.2) is 6.10 Å². The maximum Gasteiger partial charge on any atom is 0.410 e. The number of amides is 1. The maximum atomic E-state index is 13.7. The molecule has 2 N–H and O–H groups in total. The first kappa shape index (κ1) is 36.3. The van der Waals surface area contributed by atoms with Crippen LogP contribution in [0, 0.1) is 5.92 Å². The molecule has 3 aliphatic heterocycles. The highest BCUT2D eigenvalue weighted by atomic mass is 16.6. The lowest BCUT2D eigenvalue weighted by Gasteiger charge is -2.45. The predicted octanol–water partition coefficient (Wildman–Crippen LogP) is 6.46. The number of aromatic nitrogens is 1. The molecule has 0 aromatic carbocycles. The van der Waals surface area contributed by atoms with Crippen LogP contribution in [0.4, 0.5) is 4.79 Å². The number of esters is 1. The Labute approximate surface area is 287 Å². The zero-order valence-electron chi connectivity index (χ0n) is 29.4. The lowest BCUT2D eigenvalue weighted by Crippen LogP contribution is -2.59. The standard InChI is InChI=1S/C39H57N3O6/c1-27(34-16-9-10-23-40-34)12-11-13-28(2)37-29(3)17-20-35(39(4,46)22-21-33(43)24-36(44)48-37)47-38(45)41-25-31-18-19-32(26-41)42(31)30-14-7-5-6-8-15-30/h9-13,16-17,20,23,27,29-33,35,37,43,46H,5-8,14-15,18-19,21-22,24-26H2,1-4H3/b12-11+,20-17+,28-13+/t27-,29+,31?,32?,33-,35+,37-,39-/m1/s1. The topological polar surface area (TPSA) is 112 Å². The summed E-state index contributed by atoms with van der Waals surface area (Å²) < 4.78 is 12.0. The molecule has 0 spiro atoms. The number of pyridine rings is 1. The Bertz CT molecular complexity index is 1290. The van der Waals surface area contributed by atoms with Gasteiger partial charge in [0.1, 0.15) is 11.7 Å². The third kappa shape index (κ3) is 9.36. The first-order chi connectivity index (χ1) is 23.0. The van der Waals surface area contributed by atoms with E-state index in [1.54, 1.807) is 19.2 Å². The monoisotopic (exact) mass is 663 g/mol. The second-order valence-corrected chi connectivity index (χ2v) is 14.9. The predicted molar refractivity (Wildman–Crippen MR) is 186 cm³/mol. The second kappa shape index (κ2) is 16.6. The Morgan fingerprint density at radius 1 is 1.06 bits per heavy atom. The van der Waals surface area contributed by atoms with Gasteiger partial charge in [0.25, 0.3) is 0 Å². The van der Waals surface area contributed by atoms with E-state index < -0.39 is 36.0 Å². The summed E-state index contributed by atoms with van der Waals surface area (Å²) in [5.74, 6) is -0.680. The Morgan fingerprint density at radius 2 is 1.77 bits per heavy atom. The van der Waals surface area contributed by atoms with Crippen LogP contribution in [0.25, 0.3) is 0 Å². The molecule has 264 valence electrons. The van der Waals surface area contributed by atoms with Crippen LogP contribution < -0.4 is 0 Å². The summed E-state index contributed by atoms with van der Waals surface area (Å²) in [6.07, 6.45) is 18.4. The number of nitrogens with zero attached hydrogens (tertiary/aromatic N) is 3. The van der Waals surface area contributed by atoms with Crippen LogP contribution in [0.3, 0.4) is 0 Å². The van der Waals surface area contributed by atoms with Crippen molar-refractivity contribution in [2.45, 2.75) is 146 Å². The molecular formula is C39H57N3O6. The molecule has 1 saturated carbocycles. The summed E-state index contributed by atoms with van der Waals surface area (Å²) >= 11 is 0. The number of fused-ring (bicyclic) bond motifs is 2. The van der Waals surface area contributed by atoms with Gasteiger partial charge in [-0.3, -0.25) is 14.7 Å². The van der Waals surface area contributed by atoms with Crippen molar-refractivity contribution < 1.29 is 29.3 Å². The molecule has 1 aliphatic carbocycles. The molecule has 3 fully saturated rings. The van der Waals surface area contributed by atoms with Crippen LogP contribution in [-0.2, 0) is 14.3 Å². The molecule has 5 rings (SSSR count). The number of carbonyl (C=O) groups excluding carboxylic acids is 2. The Balaban J connectivity index is 1.29. The van der Waals surface area contributed by atoms with E-state index in [4.69, 9.17) is 9.47 Å². The zero-order valence-corrected chi connectivity index (χ0v) is 29.4. The largest absolute Gasteiger partial charge is 0.457 e. The van der Waals surface area contributed by atoms with Crippen LogP contribution in [0.5, 0.6) is 0 Å². The number of aliphatic hydroxyl groups excluding tert-OH is 1. The average Bonchev–Trinajstić information content (AvgIpc) is 3.23. The highest BCUT2D eigenvalue weighted by Gasteiger charge is 2.45. The quantitative estimate of drug-likeness (QED) is 0.154. The van der Waals surface area contributed by atoms with Crippen molar-refractivity contribution in [2.24, 2.45) is 5.92 Å². The van der Waals surface area contributed by atoms with Gasteiger partial charge in [-0.15, -0.1) is 0 Å². The van der Waals surface area contributed by atoms with Gasteiger partial charge in [-0.25, -0.2) is 4.79 Å². The normalized spacial score (nSPS) is 34.5. The summed E-state index contributed by atoms with van der Waals surface area (Å²) in [6.45, 7) is 8.85. The molecule has 2 saturated heterocycles. The Kier molecular flexibility index (Phi) is 12.5. The van der Waals surface area contributed by atoms with Crippen LogP contribution in [0.2, 0.25) is 0 Å². The summed E-state index contributed by atoms with van der Waals surface area (Å²) in [7, 11) is 0. The lowest BCUT2D eigenvalue weighted by molar-refractivity contribution is -0.151. The first-order valence-electron chi connectivity index (χ1n) is 18.3. The minimum Gasteiger partial charge on any atom is -0.457 e. The van der Waals surface area contributed by atoms with Crippen molar-refractivity contribution >= 4 is 12.1 Å². The lowest BCUT2D eigenvalue weighted by atomic mass is 9.88. The van der Waals surface area contributed by atoms with E-state index in [0.717, 1.165) is 24.1 Å². The fourth-order valence-corrected chi connectivity index (χ4v) is 8.08.